The van der Waals surface area contributed by atoms with E-state index in [-0.39, 0.29) is 11.7 Å². The first-order chi connectivity index (χ1) is 13.6. The SMILES string of the molecule is Cc1ccc(-n2nc3c(c2-n2cccc2)CN(C(=O)c2ccno2)C3)cc1C. The largest absolute Gasteiger partial charge is 0.351 e. The van der Waals surface area contributed by atoms with Crippen LogP contribution in [0, 0.1) is 13.8 Å². The van der Waals surface area contributed by atoms with Crippen molar-refractivity contribution in [3.8, 4) is 11.5 Å². The number of amides is 1. The molecule has 1 aliphatic rings. The molecule has 0 fully saturated rings. The third-order valence-electron chi connectivity index (χ3n) is 5.25. The van der Waals surface area contributed by atoms with Crippen molar-refractivity contribution in [2.24, 2.45) is 0 Å². The van der Waals surface area contributed by atoms with Gasteiger partial charge in [0.15, 0.2) is 0 Å². The van der Waals surface area contributed by atoms with Crippen LogP contribution in [0.4, 0.5) is 0 Å². The molecular weight excluding hydrogens is 354 g/mol. The van der Waals surface area contributed by atoms with Crippen LogP contribution in [0.25, 0.3) is 11.5 Å². The van der Waals surface area contributed by atoms with E-state index in [1.54, 1.807) is 11.0 Å². The van der Waals surface area contributed by atoms with Gasteiger partial charge in [-0.1, -0.05) is 11.2 Å². The van der Waals surface area contributed by atoms with E-state index >= 15 is 0 Å². The van der Waals surface area contributed by atoms with Gasteiger partial charge in [0.25, 0.3) is 5.91 Å². The van der Waals surface area contributed by atoms with Crippen molar-refractivity contribution in [3.05, 3.63) is 83.1 Å². The summed E-state index contributed by atoms with van der Waals surface area (Å²) >= 11 is 0. The molecule has 28 heavy (non-hydrogen) atoms. The molecular formula is C21H19N5O2. The molecule has 1 amide bonds. The summed E-state index contributed by atoms with van der Waals surface area (Å²) in [5.41, 5.74) is 5.41. The molecule has 0 aliphatic carbocycles. The molecule has 5 rings (SSSR count). The van der Waals surface area contributed by atoms with E-state index in [0.29, 0.717) is 13.1 Å². The van der Waals surface area contributed by atoms with Gasteiger partial charge in [-0.2, -0.15) is 5.10 Å². The van der Waals surface area contributed by atoms with E-state index < -0.39 is 0 Å². The number of aryl methyl sites for hydroxylation is 2. The summed E-state index contributed by atoms with van der Waals surface area (Å²) in [4.78, 5) is 14.4. The molecule has 0 bridgehead atoms. The van der Waals surface area contributed by atoms with E-state index in [1.165, 1.54) is 17.3 Å². The first-order valence-corrected chi connectivity index (χ1v) is 9.13. The number of hydrogen-bond acceptors (Lipinski definition) is 4. The molecule has 4 aromatic rings. The minimum atomic E-state index is -0.174. The Labute approximate surface area is 161 Å². The minimum Gasteiger partial charge on any atom is -0.351 e. The standard InChI is InChI=1S/C21H19N5O2/c1-14-5-6-16(11-15(14)2)26-20(24-9-3-4-10-24)17-12-25(13-18(17)23-26)21(27)19-7-8-22-28-19/h3-11H,12-13H2,1-2H3. The minimum absolute atomic E-state index is 0.174. The lowest BCUT2D eigenvalue weighted by Gasteiger charge is -2.16. The molecule has 0 spiro atoms. The summed E-state index contributed by atoms with van der Waals surface area (Å²) in [5.74, 6) is 1.03. The Morgan fingerprint density at radius 2 is 1.89 bits per heavy atom. The zero-order valence-corrected chi connectivity index (χ0v) is 15.7. The fraction of sp³-hybridized carbons (Fsp3) is 0.190. The Hall–Kier alpha value is -3.61. The van der Waals surface area contributed by atoms with Gasteiger partial charge in [-0.25, -0.2) is 4.68 Å². The van der Waals surface area contributed by atoms with Crippen LogP contribution in [0.1, 0.15) is 32.9 Å². The number of rotatable bonds is 3. The second-order valence-corrected chi connectivity index (χ2v) is 7.06. The van der Waals surface area contributed by atoms with Crippen LogP contribution in [-0.4, -0.2) is 30.3 Å². The zero-order valence-electron chi connectivity index (χ0n) is 15.7. The highest BCUT2D eigenvalue weighted by Crippen LogP contribution is 2.31. The van der Waals surface area contributed by atoms with Crippen LogP contribution < -0.4 is 0 Å². The van der Waals surface area contributed by atoms with Crippen LogP contribution in [0.15, 0.2) is 59.5 Å². The molecule has 0 radical (unpaired) electrons. The maximum Gasteiger partial charge on any atom is 0.293 e. The van der Waals surface area contributed by atoms with E-state index in [1.807, 2.05) is 33.8 Å². The normalized spacial score (nSPS) is 13.1. The van der Waals surface area contributed by atoms with Gasteiger partial charge in [0.2, 0.25) is 5.76 Å². The predicted molar refractivity (Wildman–Crippen MR) is 102 cm³/mol. The molecule has 140 valence electrons. The van der Waals surface area contributed by atoms with Gasteiger partial charge in [0.05, 0.1) is 30.7 Å². The van der Waals surface area contributed by atoms with Gasteiger partial charge in [0.1, 0.15) is 5.82 Å². The third-order valence-corrected chi connectivity index (χ3v) is 5.25. The molecule has 0 N–H and O–H groups in total. The molecule has 0 saturated heterocycles. The van der Waals surface area contributed by atoms with E-state index in [9.17, 15) is 4.79 Å². The monoisotopic (exact) mass is 373 g/mol. The molecule has 1 aliphatic heterocycles. The van der Waals surface area contributed by atoms with Crippen LogP contribution in [-0.2, 0) is 13.1 Å². The number of hydrogen-bond donors (Lipinski definition) is 0. The summed E-state index contributed by atoms with van der Waals surface area (Å²) in [5, 5.41) is 8.49. The first kappa shape index (κ1) is 16.6. The van der Waals surface area contributed by atoms with Crippen LogP contribution >= 0.6 is 0 Å². The van der Waals surface area contributed by atoms with E-state index in [0.717, 1.165) is 22.8 Å². The summed E-state index contributed by atoms with van der Waals surface area (Å²) in [6.07, 6.45) is 5.47. The average molecular weight is 373 g/mol. The topological polar surface area (TPSA) is 69.1 Å². The first-order valence-electron chi connectivity index (χ1n) is 9.13. The Kier molecular flexibility index (Phi) is 3.68. The number of nitrogens with zero attached hydrogens (tertiary/aromatic N) is 5. The zero-order chi connectivity index (χ0) is 19.3. The molecule has 0 saturated carbocycles. The second-order valence-electron chi connectivity index (χ2n) is 7.06. The van der Waals surface area contributed by atoms with Crippen molar-refractivity contribution in [2.45, 2.75) is 26.9 Å². The maximum absolute atomic E-state index is 12.7. The highest BCUT2D eigenvalue weighted by molar-refractivity contribution is 5.91. The summed E-state index contributed by atoms with van der Waals surface area (Å²) in [6.45, 7) is 5.12. The van der Waals surface area contributed by atoms with Crippen molar-refractivity contribution in [2.75, 3.05) is 0 Å². The van der Waals surface area contributed by atoms with Gasteiger partial charge < -0.3 is 14.0 Å². The molecule has 0 atom stereocenters. The Balaban J connectivity index is 1.58. The molecule has 7 nitrogen and oxygen atoms in total. The summed E-state index contributed by atoms with van der Waals surface area (Å²) in [6, 6.07) is 11.9. The lowest BCUT2D eigenvalue weighted by Crippen LogP contribution is -2.26. The van der Waals surface area contributed by atoms with Gasteiger partial charge in [-0.15, -0.1) is 0 Å². The number of carbonyl (C=O) groups excluding carboxylic acids is 1. The quantitative estimate of drug-likeness (QED) is 0.552. The molecule has 1 aromatic carbocycles. The van der Waals surface area contributed by atoms with E-state index in [4.69, 9.17) is 9.62 Å². The van der Waals surface area contributed by atoms with Crippen LogP contribution in [0.2, 0.25) is 0 Å². The van der Waals surface area contributed by atoms with Gasteiger partial charge in [0, 0.05) is 24.0 Å². The van der Waals surface area contributed by atoms with Crippen molar-refractivity contribution in [1.82, 2.24) is 24.4 Å². The van der Waals surface area contributed by atoms with Crippen molar-refractivity contribution in [3.63, 3.8) is 0 Å². The van der Waals surface area contributed by atoms with Crippen molar-refractivity contribution < 1.29 is 9.32 Å². The van der Waals surface area contributed by atoms with Crippen LogP contribution in [0.5, 0.6) is 0 Å². The number of benzene rings is 1. The van der Waals surface area contributed by atoms with Gasteiger partial charge in [-0.05, 0) is 49.2 Å². The molecule has 7 heteroatoms. The van der Waals surface area contributed by atoms with Crippen molar-refractivity contribution in [1.29, 1.82) is 0 Å². The molecule has 0 unspecified atom stereocenters. The fourth-order valence-corrected chi connectivity index (χ4v) is 3.61. The lowest BCUT2D eigenvalue weighted by molar-refractivity contribution is 0.0707. The smallest absolute Gasteiger partial charge is 0.293 e. The Morgan fingerprint density at radius 1 is 1.07 bits per heavy atom. The van der Waals surface area contributed by atoms with Crippen molar-refractivity contribution >= 4 is 5.91 Å². The summed E-state index contributed by atoms with van der Waals surface area (Å²) < 4.78 is 9.04. The maximum atomic E-state index is 12.7. The van der Waals surface area contributed by atoms with E-state index in [2.05, 4.69) is 37.2 Å². The Bertz CT molecular complexity index is 1160. The molecule has 3 aromatic heterocycles. The van der Waals surface area contributed by atoms with Crippen LogP contribution in [0.3, 0.4) is 0 Å². The van der Waals surface area contributed by atoms with Gasteiger partial charge >= 0.3 is 0 Å². The average Bonchev–Trinajstić information content (AvgIpc) is 3.46. The second kappa shape index (κ2) is 6.23. The number of aromatic nitrogens is 4. The molecule has 4 heterocycles. The third kappa shape index (κ3) is 2.55. The number of carbonyl (C=O) groups is 1. The predicted octanol–water partition coefficient (Wildman–Crippen LogP) is 3.42. The van der Waals surface area contributed by atoms with Gasteiger partial charge in [-0.3, -0.25) is 4.79 Å². The highest BCUT2D eigenvalue weighted by Gasteiger charge is 2.33. The lowest BCUT2D eigenvalue weighted by atomic mass is 10.1. The fourth-order valence-electron chi connectivity index (χ4n) is 3.61. The summed E-state index contributed by atoms with van der Waals surface area (Å²) in [7, 11) is 0. The number of fused-ring (bicyclic) bond motifs is 1. The Morgan fingerprint density at radius 3 is 2.61 bits per heavy atom. The highest BCUT2D eigenvalue weighted by atomic mass is 16.5.